The van der Waals surface area contributed by atoms with Gasteiger partial charge < -0.3 is 4.90 Å². The summed E-state index contributed by atoms with van der Waals surface area (Å²) >= 11 is 9.42. The van der Waals surface area contributed by atoms with Gasteiger partial charge in [0.2, 0.25) is 0 Å². The van der Waals surface area contributed by atoms with Gasteiger partial charge in [-0.25, -0.2) is 4.98 Å². The van der Waals surface area contributed by atoms with Crippen LogP contribution in [-0.4, -0.2) is 49.2 Å². The molecule has 0 saturated heterocycles. The van der Waals surface area contributed by atoms with Crippen molar-refractivity contribution in [1.29, 1.82) is 0 Å². The summed E-state index contributed by atoms with van der Waals surface area (Å²) in [5.74, 6) is -0.0349. The summed E-state index contributed by atoms with van der Waals surface area (Å²) in [6.45, 7) is 3.29. The molecule has 1 heterocycles. The Labute approximate surface area is 173 Å². The molecule has 27 heavy (non-hydrogen) atoms. The number of anilines is 1. The second kappa shape index (κ2) is 8.61. The molecule has 7 heteroatoms. The van der Waals surface area contributed by atoms with Crippen LogP contribution in [0, 0.1) is 6.92 Å². The van der Waals surface area contributed by atoms with Crippen LogP contribution in [0.2, 0.25) is 5.02 Å². The van der Waals surface area contributed by atoms with E-state index in [1.54, 1.807) is 16.7 Å². The van der Waals surface area contributed by atoms with Crippen LogP contribution in [0.25, 0.3) is 10.2 Å². The number of aryl methyl sites for hydroxylation is 1. The number of rotatable bonds is 6. The quantitative estimate of drug-likeness (QED) is 0.515. The normalized spacial score (nSPS) is 11.3. The van der Waals surface area contributed by atoms with Gasteiger partial charge in [-0.15, -0.1) is 11.8 Å². The fourth-order valence-electron chi connectivity index (χ4n) is 2.68. The number of carbonyl (C=O) groups excluding carboxylic acids is 1. The Balaban J connectivity index is 1.99. The zero-order valence-electron chi connectivity index (χ0n) is 15.8. The SMILES string of the molecule is CSc1ccc(C(=O)N(CCN(C)C)c2nc3c(C)c(Cl)ccc3s2)cc1. The third-order valence-corrected chi connectivity index (χ3v) is 6.52. The van der Waals surface area contributed by atoms with Crippen LogP contribution in [0.3, 0.4) is 0 Å². The molecule has 4 nitrogen and oxygen atoms in total. The van der Waals surface area contributed by atoms with E-state index in [1.807, 2.05) is 63.7 Å². The Morgan fingerprint density at radius 1 is 1.15 bits per heavy atom. The number of thioether (sulfide) groups is 1. The van der Waals surface area contributed by atoms with Crippen molar-refractivity contribution < 1.29 is 4.79 Å². The fraction of sp³-hybridized carbons (Fsp3) is 0.300. The van der Waals surface area contributed by atoms with Gasteiger partial charge in [0.05, 0.1) is 10.2 Å². The van der Waals surface area contributed by atoms with Crippen LogP contribution in [-0.2, 0) is 0 Å². The lowest BCUT2D eigenvalue weighted by atomic mass is 10.2. The molecule has 0 atom stereocenters. The van der Waals surface area contributed by atoms with Gasteiger partial charge in [0.1, 0.15) is 0 Å². The summed E-state index contributed by atoms with van der Waals surface area (Å²) in [7, 11) is 4.00. The number of aromatic nitrogens is 1. The van der Waals surface area contributed by atoms with Crippen molar-refractivity contribution in [2.75, 3.05) is 38.3 Å². The Kier molecular flexibility index (Phi) is 6.42. The molecule has 0 bridgehead atoms. The van der Waals surface area contributed by atoms with E-state index in [0.717, 1.165) is 27.2 Å². The molecule has 1 amide bonds. The van der Waals surface area contributed by atoms with E-state index in [4.69, 9.17) is 16.6 Å². The Morgan fingerprint density at radius 2 is 1.85 bits per heavy atom. The van der Waals surface area contributed by atoms with Crippen LogP contribution in [0.15, 0.2) is 41.3 Å². The molecular weight excluding hydrogens is 398 g/mol. The van der Waals surface area contributed by atoms with Crippen molar-refractivity contribution in [1.82, 2.24) is 9.88 Å². The molecule has 3 aromatic rings. The van der Waals surface area contributed by atoms with E-state index in [0.29, 0.717) is 22.3 Å². The maximum atomic E-state index is 13.2. The summed E-state index contributed by atoms with van der Waals surface area (Å²) in [5.41, 5.74) is 2.48. The van der Waals surface area contributed by atoms with Crippen molar-refractivity contribution in [3.8, 4) is 0 Å². The van der Waals surface area contributed by atoms with Gasteiger partial charge in [0.25, 0.3) is 5.91 Å². The van der Waals surface area contributed by atoms with E-state index in [2.05, 4.69) is 4.90 Å². The van der Waals surface area contributed by atoms with Gasteiger partial charge in [-0.1, -0.05) is 22.9 Å². The minimum atomic E-state index is -0.0349. The van der Waals surface area contributed by atoms with Crippen LogP contribution in [0.5, 0.6) is 0 Å². The van der Waals surface area contributed by atoms with Gasteiger partial charge in [0.15, 0.2) is 5.13 Å². The highest BCUT2D eigenvalue weighted by Gasteiger charge is 2.22. The topological polar surface area (TPSA) is 36.4 Å². The predicted molar refractivity (Wildman–Crippen MR) is 118 cm³/mol. The van der Waals surface area contributed by atoms with Gasteiger partial charge in [-0.2, -0.15) is 0 Å². The van der Waals surface area contributed by atoms with E-state index in [1.165, 1.54) is 11.3 Å². The number of carbonyl (C=O) groups is 1. The number of hydrogen-bond acceptors (Lipinski definition) is 5. The molecule has 0 spiro atoms. The monoisotopic (exact) mass is 419 g/mol. The molecule has 0 aliphatic carbocycles. The summed E-state index contributed by atoms with van der Waals surface area (Å²) in [4.78, 5) is 22.9. The highest BCUT2D eigenvalue weighted by atomic mass is 35.5. The number of hydrogen-bond donors (Lipinski definition) is 0. The molecule has 0 aliphatic heterocycles. The number of thiazole rings is 1. The van der Waals surface area contributed by atoms with Gasteiger partial charge in [-0.05, 0) is 69.2 Å². The number of likely N-dealkylation sites (N-methyl/N-ethyl adjacent to an activating group) is 1. The lowest BCUT2D eigenvalue weighted by Crippen LogP contribution is -2.36. The first kappa shape index (κ1) is 20.1. The summed E-state index contributed by atoms with van der Waals surface area (Å²) < 4.78 is 1.03. The summed E-state index contributed by atoms with van der Waals surface area (Å²) in [5, 5.41) is 1.40. The smallest absolute Gasteiger partial charge is 0.260 e. The average molecular weight is 420 g/mol. The highest BCUT2D eigenvalue weighted by molar-refractivity contribution is 7.98. The summed E-state index contributed by atoms with van der Waals surface area (Å²) in [6, 6.07) is 11.6. The van der Waals surface area contributed by atoms with Gasteiger partial charge in [0, 0.05) is 28.6 Å². The second-order valence-electron chi connectivity index (χ2n) is 6.50. The average Bonchev–Trinajstić information content (AvgIpc) is 3.09. The molecule has 3 rings (SSSR count). The van der Waals surface area contributed by atoms with Crippen molar-refractivity contribution in [3.63, 3.8) is 0 Å². The molecular formula is C20H22ClN3OS2. The number of amides is 1. The maximum Gasteiger partial charge on any atom is 0.260 e. The van der Waals surface area contributed by atoms with Crippen molar-refractivity contribution in [3.05, 3.63) is 52.5 Å². The van der Waals surface area contributed by atoms with Crippen LogP contribution in [0.4, 0.5) is 5.13 Å². The van der Waals surface area contributed by atoms with E-state index in [9.17, 15) is 4.79 Å². The molecule has 0 fully saturated rings. The second-order valence-corrected chi connectivity index (χ2v) is 8.80. The molecule has 1 aromatic heterocycles. The van der Waals surface area contributed by atoms with Crippen LogP contribution >= 0.6 is 34.7 Å². The van der Waals surface area contributed by atoms with Gasteiger partial charge >= 0.3 is 0 Å². The lowest BCUT2D eigenvalue weighted by molar-refractivity contribution is 0.0985. The minimum Gasteiger partial charge on any atom is -0.308 e. The van der Waals surface area contributed by atoms with Gasteiger partial charge in [-0.3, -0.25) is 9.69 Å². The molecule has 2 aromatic carbocycles. The first-order chi connectivity index (χ1) is 12.9. The number of halogens is 1. The molecule has 0 saturated carbocycles. The van der Waals surface area contributed by atoms with E-state index < -0.39 is 0 Å². The van der Waals surface area contributed by atoms with Crippen molar-refractivity contribution in [2.45, 2.75) is 11.8 Å². The lowest BCUT2D eigenvalue weighted by Gasteiger charge is -2.22. The third kappa shape index (κ3) is 4.46. The summed E-state index contributed by atoms with van der Waals surface area (Å²) in [6.07, 6.45) is 2.02. The molecule has 0 N–H and O–H groups in total. The third-order valence-electron chi connectivity index (χ3n) is 4.32. The van der Waals surface area contributed by atoms with Crippen LogP contribution in [0.1, 0.15) is 15.9 Å². The van der Waals surface area contributed by atoms with Crippen molar-refractivity contribution >= 4 is 56.0 Å². The van der Waals surface area contributed by atoms with E-state index in [-0.39, 0.29) is 5.91 Å². The first-order valence-corrected chi connectivity index (χ1v) is 11.0. The maximum absolute atomic E-state index is 13.2. The molecule has 142 valence electrons. The Hall–Kier alpha value is -1.60. The minimum absolute atomic E-state index is 0.0349. The number of nitrogens with zero attached hydrogens (tertiary/aromatic N) is 3. The standard InChI is InChI=1S/C20H22ClN3OS2/c1-13-16(21)9-10-17-18(13)22-20(27-17)24(12-11-23(2)3)19(25)14-5-7-15(26-4)8-6-14/h5-10H,11-12H2,1-4H3. The highest BCUT2D eigenvalue weighted by Crippen LogP contribution is 2.34. The molecule has 0 radical (unpaired) electrons. The first-order valence-electron chi connectivity index (χ1n) is 8.57. The molecule has 0 unspecified atom stereocenters. The number of benzene rings is 2. The molecule has 0 aliphatic rings. The Morgan fingerprint density at radius 3 is 2.48 bits per heavy atom. The zero-order chi connectivity index (χ0) is 19.6. The van der Waals surface area contributed by atoms with Crippen molar-refractivity contribution in [2.24, 2.45) is 0 Å². The number of fused-ring (bicyclic) bond motifs is 1. The van der Waals surface area contributed by atoms with E-state index >= 15 is 0 Å². The zero-order valence-corrected chi connectivity index (χ0v) is 18.2. The fourth-order valence-corrected chi connectivity index (χ4v) is 4.29. The Bertz CT molecular complexity index is 954. The largest absolute Gasteiger partial charge is 0.308 e. The van der Waals surface area contributed by atoms with Crippen LogP contribution < -0.4 is 4.90 Å². The predicted octanol–water partition coefficient (Wildman–Crippen LogP) is 5.19.